The maximum atomic E-state index is 2.22. The lowest BCUT2D eigenvalue weighted by molar-refractivity contribution is 1.11. The van der Waals surface area contributed by atoms with E-state index in [0.717, 1.165) is 0 Å². The van der Waals surface area contributed by atoms with Crippen molar-refractivity contribution in [1.29, 1.82) is 0 Å². The molecule has 2 aromatic heterocycles. The zero-order valence-electron chi connectivity index (χ0n) is 11.0. The van der Waals surface area contributed by atoms with Crippen molar-refractivity contribution in [2.24, 2.45) is 0 Å². The molecule has 2 heteroatoms. The summed E-state index contributed by atoms with van der Waals surface area (Å²) in [6.45, 7) is 0. The molecule has 0 aliphatic carbocycles. The molecule has 0 saturated heterocycles. The Balaban J connectivity index is 1.88. The molecule has 0 spiro atoms. The molecule has 0 aliphatic heterocycles. The van der Waals surface area contributed by atoms with Crippen molar-refractivity contribution < 1.29 is 0 Å². The van der Waals surface area contributed by atoms with Crippen molar-refractivity contribution in [1.82, 2.24) is 8.97 Å². The molecule has 0 saturated carbocycles. The fraction of sp³-hybridized carbons (Fsp3) is 0. The summed E-state index contributed by atoms with van der Waals surface area (Å²) in [6.07, 6.45) is 6.36. The van der Waals surface area contributed by atoms with Crippen LogP contribution in [0.4, 0.5) is 0 Å². The number of aromatic nitrogens is 2. The fourth-order valence-electron chi connectivity index (χ4n) is 2.59. The Hall–Kier alpha value is -2.74. The van der Waals surface area contributed by atoms with E-state index in [1.165, 1.54) is 22.5 Å². The van der Waals surface area contributed by atoms with E-state index < -0.39 is 0 Å². The number of hydrogen-bond donors (Lipinski definition) is 0. The van der Waals surface area contributed by atoms with Gasteiger partial charge in [-0.25, -0.2) is 0 Å². The first-order valence-corrected chi connectivity index (χ1v) is 6.72. The number of para-hydroxylation sites is 1. The van der Waals surface area contributed by atoms with Crippen molar-refractivity contribution in [3.05, 3.63) is 85.3 Å². The molecule has 4 rings (SSSR count). The number of benzene rings is 2. The molecule has 0 N–H and O–H groups in total. The van der Waals surface area contributed by atoms with Crippen LogP contribution in [0.15, 0.2) is 85.3 Å². The number of fused-ring (bicyclic) bond motifs is 1. The lowest BCUT2D eigenvalue weighted by atomic mass is 10.1. The zero-order chi connectivity index (χ0) is 13.4. The molecule has 0 amide bonds. The fourth-order valence-corrected chi connectivity index (χ4v) is 2.59. The predicted molar refractivity (Wildman–Crippen MR) is 82.2 cm³/mol. The maximum absolute atomic E-state index is 2.22. The van der Waals surface area contributed by atoms with E-state index in [-0.39, 0.29) is 0 Å². The Morgan fingerprint density at radius 1 is 0.650 bits per heavy atom. The van der Waals surface area contributed by atoms with Gasteiger partial charge in [0.1, 0.15) is 5.65 Å². The van der Waals surface area contributed by atoms with Gasteiger partial charge in [-0.05, 0) is 23.8 Å². The topological polar surface area (TPSA) is 9.34 Å². The van der Waals surface area contributed by atoms with Crippen molar-refractivity contribution in [2.45, 2.75) is 0 Å². The Morgan fingerprint density at radius 2 is 1.35 bits per heavy atom. The van der Waals surface area contributed by atoms with Crippen LogP contribution in [0.2, 0.25) is 0 Å². The van der Waals surface area contributed by atoms with Crippen LogP contribution < -0.4 is 0 Å². The van der Waals surface area contributed by atoms with E-state index in [0.29, 0.717) is 0 Å². The van der Waals surface area contributed by atoms with Crippen LogP contribution in [0.5, 0.6) is 0 Å². The summed E-state index contributed by atoms with van der Waals surface area (Å²) in [6, 6.07) is 23.1. The van der Waals surface area contributed by atoms with Crippen LogP contribution >= 0.6 is 0 Å². The number of imidazole rings is 1. The first kappa shape index (κ1) is 11.1. The molecule has 0 radical (unpaired) electrons. The summed E-state index contributed by atoms with van der Waals surface area (Å²) in [4.78, 5) is 0. The highest BCUT2D eigenvalue weighted by atomic mass is 15.1. The SMILES string of the molecule is c1ccc(-c2cc3n(-c4ccccc4)ccn3c2)cc1. The minimum Gasteiger partial charge on any atom is -0.308 e. The number of nitrogens with zero attached hydrogens (tertiary/aromatic N) is 2. The predicted octanol–water partition coefficient (Wildman–Crippen LogP) is 4.40. The third-order valence-corrected chi connectivity index (χ3v) is 3.59. The first-order valence-electron chi connectivity index (χ1n) is 6.72. The molecule has 0 fully saturated rings. The Labute approximate surface area is 117 Å². The van der Waals surface area contributed by atoms with Crippen molar-refractivity contribution in [2.75, 3.05) is 0 Å². The highest BCUT2D eigenvalue weighted by Gasteiger charge is 2.07. The summed E-state index contributed by atoms with van der Waals surface area (Å²) in [5, 5.41) is 0. The average molecular weight is 258 g/mol. The zero-order valence-corrected chi connectivity index (χ0v) is 11.0. The summed E-state index contributed by atoms with van der Waals surface area (Å²) in [7, 11) is 0. The van der Waals surface area contributed by atoms with Gasteiger partial charge in [0.15, 0.2) is 0 Å². The van der Waals surface area contributed by atoms with Gasteiger partial charge in [0.2, 0.25) is 0 Å². The molecule has 2 heterocycles. The van der Waals surface area contributed by atoms with Gasteiger partial charge < -0.3 is 8.97 Å². The minimum atomic E-state index is 1.18. The van der Waals surface area contributed by atoms with Crippen LogP contribution in [0.25, 0.3) is 22.5 Å². The number of hydrogen-bond acceptors (Lipinski definition) is 0. The van der Waals surface area contributed by atoms with Crippen LogP contribution in [-0.2, 0) is 0 Å². The molecule has 20 heavy (non-hydrogen) atoms. The Bertz CT molecular complexity index is 839. The Morgan fingerprint density at radius 3 is 2.10 bits per heavy atom. The summed E-state index contributed by atoms with van der Waals surface area (Å²) < 4.78 is 4.36. The van der Waals surface area contributed by atoms with E-state index in [9.17, 15) is 0 Å². The molecule has 0 atom stereocenters. The van der Waals surface area contributed by atoms with Gasteiger partial charge >= 0.3 is 0 Å². The second-order valence-electron chi connectivity index (χ2n) is 4.86. The van der Waals surface area contributed by atoms with Gasteiger partial charge in [-0.15, -0.1) is 0 Å². The summed E-state index contributed by atoms with van der Waals surface area (Å²) in [5.74, 6) is 0. The van der Waals surface area contributed by atoms with Crippen LogP contribution in [0.1, 0.15) is 0 Å². The quantitative estimate of drug-likeness (QED) is 0.504. The minimum absolute atomic E-state index is 1.18. The van der Waals surface area contributed by atoms with Gasteiger partial charge in [-0.1, -0.05) is 48.5 Å². The molecule has 0 unspecified atom stereocenters. The van der Waals surface area contributed by atoms with Crippen LogP contribution in [-0.4, -0.2) is 8.97 Å². The molecule has 4 aromatic rings. The number of rotatable bonds is 2. The standard InChI is InChI=1S/C18H14N2/c1-3-7-15(8-4-1)16-13-18-19(14-16)11-12-20(18)17-9-5-2-6-10-17/h1-14H. The lowest BCUT2D eigenvalue weighted by Crippen LogP contribution is -1.90. The lowest BCUT2D eigenvalue weighted by Gasteiger charge is -2.02. The van der Waals surface area contributed by atoms with Gasteiger partial charge in [0.05, 0.1) is 0 Å². The summed E-state index contributed by atoms with van der Waals surface area (Å²) in [5.41, 5.74) is 4.84. The second-order valence-corrected chi connectivity index (χ2v) is 4.86. The monoisotopic (exact) mass is 258 g/mol. The second kappa shape index (κ2) is 4.42. The molecular weight excluding hydrogens is 244 g/mol. The van der Waals surface area contributed by atoms with Gasteiger partial charge in [-0.3, -0.25) is 0 Å². The third kappa shape index (κ3) is 1.74. The smallest absolute Gasteiger partial charge is 0.122 e. The third-order valence-electron chi connectivity index (χ3n) is 3.59. The summed E-state index contributed by atoms with van der Waals surface area (Å²) >= 11 is 0. The van der Waals surface area contributed by atoms with E-state index >= 15 is 0 Å². The van der Waals surface area contributed by atoms with Crippen molar-refractivity contribution in [3.8, 4) is 16.8 Å². The molecule has 2 nitrogen and oxygen atoms in total. The first-order chi connectivity index (χ1) is 9.92. The molecule has 0 aliphatic rings. The largest absolute Gasteiger partial charge is 0.308 e. The van der Waals surface area contributed by atoms with Crippen molar-refractivity contribution in [3.63, 3.8) is 0 Å². The van der Waals surface area contributed by atoms with E-state index in [1.54, 1.807) is 0 Å². The molecule has 2 aromatic carbocycles. The van der Waals surface area contributed by atoms with Crippen LogP contribution in [0.3, 0.4) is 0 Å². The maximum Gasteiger partial charge on any atom is 0.122 e. The van der Waals surface area contributed by atoms with E-state index in [4.69, 9.17) is 0 Å². The highest BCUT2D eigenvalue weighted by Crippen LogP contribution is 2.24. The highest BCUT2D eigenvalue weighted by molar-refractivity contribution is 5.69. The van der Waals surface area contributed by atoms with Gasteiger partial charge in [0.25, 0.3) is 0 Å². The Kier molecular flexibility index (Phi) is 2.46. The van der Waals surface area contributed by atoms with Gasteiger partial charge in [-0.2, -0.15) is 0 Å². The van der Waals surface area contributed by atoms with E-state index in [1.807, 2.05) is 12.1 Å². The van der Waals surface area contributed by atoms with Gasteiger partial charge in [0, 0.05) is 29.8 Å². The molecule has 96 valence electrons. The molecule has 0 bridgehead atoms. The van der Waals surface area contributed by atoms with E-state index in [2.05, 4.69) is 82.2 Å². The van der Waals surface area contributed by atoms with Crippen molar-refractivity contribution >= 4 is 5.65 Å². The molecular formula is C18H14N2. The van der Waals surface area contributed by atoms with Crippen LogP contribution in [0, 0.1) is 0 Å². The average Bonchev–Trinajstić information content (AvgIpc) is 3.09. The normalized spacial score (nSPS) is 11.0.